The lowest BCUT2D eigenvalue weighted by Crippen LogP contribution is -2.45. The van der Waals surface area contributed by atoms with Gasteiger partial charge in [-0.3, -0.25) is 0 Å². The molecule has 0 spiro atoms. The van der Waals surface area contributed by atoms with Crippen molar-refractivity contribution in [3.05, 3.63) is 29.8 Å². The first-order valence-corrected chi connectivity index (χ1v) is 7.80. The van der Waals surface area contributed by atoms with Crippen LogP contribution in [0, 0.1) is 0 Å². The fourth-order valence-electron chi connectivity index (χ4n) is 2.75. The molecule has 1 aliphatic heterocycles. The minimum atomic E-state index is 0.0203. The zero-order valence-corrected chi connectivity index (χ0v) is 13.4. The van der Waals surface area contributed by atoms with Gasteiger partial charge in [-0.2, -0.15) is 0 Å². The summed E-state index contributed by atoms with van der Waals surface area (Å²) in [5.74, 6) is 0.905. The molecule has 4 nitrogen and oxygen atoms in total. The van der Waals surface area contributed by atoms with Crippen molar-refractivity contribution in [2.45, 2.75) is 44.9 Å². The highest BCUT2D eigenvalue weighted by molar-refractivity contribution is 5.26. The van der Waals surface area contributed by atoms with Crippen molar-refractivity contribution >= 4 is 0 Å². The fraction of sp³-hybridized carbons (Fsp3) is 0.647. The van der Waals surface area contributed by atoms with E-state index in [9.17, 15) is 0 Å². The molecule has 2 rings (SSSR count). The lowest BCUT2D eigenvalue weighted by atomic mass is 9.94. The van der Waals surface area contributed by atoms with Crippen LogP contribution >= 0.6 is 0 Å². The zero-order chi connectivity index (χ0) is 15.1. The van der Waals surface area contributed by atoms with E-state index < -0.39 is 0 Å². The Morgan fingerprint density at radius 2 is 2.00 bits per heavy atom. The van der Waals surface area contributed by atoms with E-state index in [2.05, 4.69) is 36.6 Å². The molecule has 2 N–H and O–H groups in total. The molecule has 0 unspecified atom stereocenters. The summed E-state index contributed by atoms with van der Waals surface area (Å²) in [6, 6.07) is 8.77. The standard InChI is InChI=1S/C17H28N2O2/c1-17(2)12-15(8-11-21-17)19-10-9-18-13-14-4-6-16(20-3)7-5-14/h4-7,15,18-19H,8-13H2,1-3H3/t15-/m1/s1. The number of benzene rings is 1. The summed E-state index contributed by atoms with van der Waals surface area (Å²) in [6.07, 6.45) is 2.20. The maximum absolute atomic E-state index is 5.73. The Morgan fingerprint density at radius 1 is 1.24 bits per heavy atom. The smallest absolute Gasteiger partial charge is 0.118 e. The second-order valence-corrected chi connectivity index (χ2v) is 6.28. The maximum Gasteiger partial charge on any atom is 0.118 e. The summed E-state index contributed by atoms with van der Waals surface area (Å²) < 4.78 is 10.9. The summed E-state index contributed by atoms with van der Waals surface area (Å²) in [4.78, 5) is 0. The Bertz CT molecular complexity index is 417. The van der Waals surface area contributed by atoms with E-state index in [1.54, 1.807) is 7.11 Å². The second kappa shape index (κ2) is 7.78. The molecule has 1 heterocycles. The summed E-state index contributed by atoms with van der Waals surface area (Å²) in [5, 5.41) is 7.08. The van der Waals surface area contributed by atoms with E-state index in [4.69, 9.17) is 9.47 Å². The van der Waals surface area contributed by atoms with Crippen LogP contribution in [0.3, 0.4) is 0 Å². The van der Waals surface area contributed by atoms with Crippen molar-refractivity contribution in [1.82, 2.24) is 10.6 Å². The van der Waals surface area contributed by atoms with Gasteiger partial charge in [0.05, 0.1) is 12.7 Å². The Kier molecular flexibility index (Phi) is 6.03. The number of nitrogens with one attached hydrogen (secondary N) is 2. The minimum absolute atomic E-state index is 0.0203. The SMILES string of the molecule is COc1ccc(CNCCN[C@@H]2CCOC(C)(C)C2)cc1. The molecule has 1 aromatic rings. The summed E-state index contributed by atoms with van der Waals surface area (Å²) in [6.45, 7) is 8.07. The predicted octanol–water partition coefficient (Wildman–Crippen LogP) is 2.33. The van der Waals surface area contributed by atoms with Gasteiger partial charge in [-0.05, 0) is 44.4 Å². The molecule has 0 saturated carbocycles. The normalized spacial score (nSPS) is 21.2. The van der Waals surface area contributed by atoms with Crippen molar-refractivity contribution in [2.24, 2.45) is 0 Å². The maximum atomic E-state index is 5.73. The quantitative estimate of drug-likeness (QED) is 0.757. The Hall–Kier alpha value is -1.10. The monoisotopic (exact) mass is 292 g/mol. The van der Waals surface area contributed by atoms with Crippen LogP contribution in [0.2, 0.25) is 0 Å². The Labute approximate surface area is 128 Å². The third-order valence-electron chi connectivity index (χ3n) is 3.92. The molecule has 1 aromatic carbocycles. The molecular weight excluding hydrogens is 264 g/mol. The average Bonchev–Trinajstić information content (AvgIpc) is 2.46. The van der Waals surface area contributed by atoms with Crippen LogP contribution in [0.4, 0.5) is 0 Å². The molecule has 1 saturated heterocycles. The van der Waals surface area contributed by atoms with Gasteiger partial charge in [0.2, 0.25) is 0 Å². The van der Waals surface area contributed by atoms with Crippen molar-refractivity contribution in [1.29, 1.82) is 0 Å². The molecule has 21 heavy (non-hydrogen) atoms. The Morgan fingerprint density at radius 3 is 2.67 bits per heavy atom. The lowest BCUT2D eigenvalue weighted by molar-refractivity contribution is -0.0627. The molecule has 1 atom stereocenters. The Balaban J connectivity index is 1.59. The zero-order valence-electron chi connectivity index (χ0n) is 13.4. The van der Waals surface area contributed by atoms with E-state index >= 15 is 0 Å². The second-order valence-electron chi connectivity index (χ2n) is 6.28. The van der Waals surface area contributed by atoms with Crippen molar-refractivity contribution in [3.63, 3.8) is 0 Å². The molecule has 0 aromatic heterocycles. The minimum Gasteiger partial charge on any atom is -0.497 e. The molecule has 0 bridgehead atoms. The van der Waals surface area contributed by atoms with E-state index in [0.717, 1.165) is 44.8 Å². The first-order chi connectivity index (χ1) is 10.1. The number of hydrogen-bond donors (Lipinski definition) is 2. The first kappa shape index (κ1) is 16.3. The van der Waals surface area contributed by atoms with Crippen LogP contribution in [0.25, 0.3) is 0 Å². The molecule has 4 heteroatoms. The van der Waals surface area contributed by atoms with Crippen molar-refractivity contribution < 1.29 is 9.47 Å². The first-order valence-electron chi connectivity index (χ1n) is 7.80. The molecular formula is C17H28N2O2. The lowest BCUT2D eigenvalue weighted by Gasteiger charge is -2.36. The van der Waals surface area contributed by atoms with Crippen molar-refractivity contribution in [3.8, 4) is 5.75 Å². The van der Waals surface area contributed by atoms with Gasteiger partial charge in [0.15, 0.2) is 0 Å². The number of rotatable bonds is 7. The van der Waals surface area contributed by atoms with Crippen LogP contribution < -0.4 is 15.4 Å². The highest BCUT2D eigenvalue weighted by Crippen LogP contribution is 2.23. The van der Waals surface area contributed by atoms with E-state index in [1.807, 2.05) is 12.1 Å². The van der Waals surface area contributed by atoms with Crippen LogP contribution in [-0.4, -0.2) is 38.4 Å². The third kappa shape index (κ3) is 5.65. The van der Waals surface area contributed by atoms with Gasteiger partial charge in [0.25, 0.3) is 0 Å². The van der Waals surface area contributed by atoms with Crippen LogP contribution in [-0.2, 0) is 11.3 Å². The van der Waals surface area contributed by atoms with E-state index in [-0.39, 0.29) is 5.60 Å². The van der Waals surface area contributed by atoms with Crippen LogP contribution in [0.1, 0.15) is 32.3 Å². The van der Waals surface area contributed by atoms with Gasteiger partial charge in [0.1, 0.15) is 5.75 Å². The average molecular weight is 292 g/mol. The third-order valence-corrected chi connectivity index (χ3v) is 3.92. The fourth-order valence-corrected chi connectivity index (χ4v) is 2.75. The van der Waals surface area contributed by atoms with Gasteiger partial charge in [-0.25, -0.2) is 0 Å². The molecule has 0 aliphatic carbocycles. The number of methoxy groups -OCH3 is 1. The van der Waals surface area contributed by atoms with Gasteiger partial charge in [-0.1, -0.05) is 12.1 Å². The van der Waals surface area contributed by atoms with Gasteiger partial charge in [-0.15, -0.1) is 0 Å². The van der Waals surface area contributed by atoms with Gasteiger partial charge < -0.3 is 20.1 Å². The van der Waals surface area contributed by atoms with Crippen LogP contribution in [0.5, 0.6) is 5.75 Å². The van der Waals surface area contributed by atoms with Crippen LogP contribution in [0.15, 0.2) is 24.3 Å². The summed E-state index contributed by atoms with van der Waals surface area (Å²) in [5.41, 5.74) is 1.30. The van der Waals surface area contributed by atoms with Gasteiger partial charge >= 0.3 is 0 Å². The summed E-state index contributed by atoms with van der Waals surface area (Å²) in [7, 11) is 1.69. The highest BCUT2D eigenvalue weighted by atomic mass is 16.5. The number of hydrogen-bond acceptors (Lipinski definition) is 4. The summed E-state index contributed by atoms with van der Waals surface area (Å²) >= 11 is 0. The highest BCUT2D eigenvalue weighted by Gasteiger charge is 2.28. The molecule has 0 radical (unpaired) electrons. The van der Waals surface area contributed by atoms with E-state index in [1.165, 1.54) is 5.56 Å². The molecule has 118 valence electrons. The molecule has 1 aliphatic rings. The molecule has 0 amide bonds. The molecule has 1 fully saturated rings. The topological polar surface area (TPSA) is 42.5 Å². The largest absolute Gasteiger partial charge is 0.497 e. The predicted molar refractivity (Wildman–Crippen MR) is 85.8 cm³/mol. The number of ether oxygens (including phenoxy) is 2. The van der Waals surface area contributed by atoms with Gasteiger partial charge in [0, 0.05) is 32.3 Å². The van der Waals surface area contributed by atoms with Crippen molar-refractivity contribution in [2.75, 3.05) is 26.8 Å². The van der Waals surface area contributed by atoms with E-state index in [0.29, 0.717) is 6.04 Å².